The van der Waals surface area contributed by atoms with Crippen LogP contribution < -0.4 is 5.32 Å². The number of benzene rings is 1. The average molecular weight is 276 g/mol. The predicted octanol–water partition coefficient (Wildman–Crippen LogP) is 1.21. The molecule has 20 heavy (non-hydrogen) atoms. The monoisotopic (exact) mass is 276 g/mol. The largest absolute Gasteiger partial charge is 0.508 e. The lowest BCUT2D eigenvalue weighted by atomic mass is 9.98. The van der Waals surface area contributed by atoms with Crippen molar-refractivity contribution in [1.82, 2.24) is 5.32 Å². The van der Waals surface area contributed by atoms with Crippen LogP contribution in [0, 0.1) is 17.2 Å². The molecule has 6 heteroatoms. The Morgan fingerprint density at radius 1 is 1.40 bits per heavy atom. The van der Waals surface area contributed by atoms with Gasteiger partial charge in [-0.2, -0.15) is 5.26 Å². The van der Waals surface area contributed by atoms with E-state index in [0.29, 0.717) is 5.56 Å². The molecule has 0 radical (unpaired) electrons. The fraction of sp³-hybridized carbons (Fsp3) is 0.357. The molecule has 1 amide bonds. The molecule has 0 bridgehead atoms. The highest BCUT2D eigenvalue weighted by Crippen LogP contribution is 2.13. The number of aromatic hydroxyl groups is 1. The standard InChI is InChI=1S/C14H16N2O4/c1-9(7-8-15)12(14(19)20-2)16-13(18)10-3-5-11(17)6-4-10/h3-6,9,12,17H,7H2,1-2H3,(H,16,18)/t9-,12+/m0/s1. The molecular weight excluding hydrogens is 260 g/mol. The predicted molar refractivity (Wildman–Crippen MR) is 70.8 cm³/mol. The van der Waals surface area contributed by atoms with Crippen LogP contribution in [0.3, 0.4) is 0 Å². The Bertz CT molecular complexity index is 519. The van der Waals surface area contributed by atoms with Gasteiger partial charge >= 0.3 is 5.97 Å². The first kappa shape index (κ1) is 15.5. The van der Waals surface area contributed by atoms with Crippen molar-refractivity contribution in [3.63, 3.8) is 0 Å². The summed E-state index contributed by atoms with van der Waals surface area (Å²) in [6, 6.07) is 6.70. The van der Waals surface area contributed by atoms with Gasteiger partial charge in [0.05, 0.1) is 13.2 Å². The van der Waals surface area contributed by atoms with Crippen LogP contribution in [-0.2, 0) is 9.53 Å². The molecule has 1 aromatic carbocycles. The van der Waals surface area contributed by atoms with Crippen LogP contribution in [0.2, 0.25) is 0 Å². The Labute approximate surface area is 117 Å². The summed E-state index contributed by atoms with van der Waals surface area (Å²) < 4.78 is 4.63. The maximum Gasteiger partial charge on any atom is 0.328 e. The summed E-state index contributed by atoms with van der Waals surface area (Å²) in [4.78, 5) is 23.7. The number of carbonyl (C=O) groups excluding carboxylic acids is 2. The van der Waals surface area contributed by atoms with E-state index in [-0.39, 0.29) is 18.1 Å². The van der Waals surface area contributed by atoms with Gasteiger partial charge in [-0.15, -0.1) is 0 Å². The Morgan fingerprint density at radius 3 is 2.50 bits per heavy atom. The summed E-state index contributed by atoms with van der Waals surface area (Å²) in [5.41, 5.74) is 0.306. The van der Waals surface area contributed by atoms with Gasteiger partial charge in [0.15, 0.2) is 0 Å². The Balaban J connectivity index is 2.84. The minimum absolute atomic E-state index is 0.0453. The number of esters is 1. The number of nitrogens with zero attached hydrogens (tertiary/aromatic N) is 1. The molecular formula is C14H16N2O4. The van der Waals surface area contributed by atoms with Crippen molar-refractivity contribution >= 4 is 11.9 Å². The van der Waals surface area contributed by atoms with Crippen LogP contribution >= 0.6 is 0 Å². The van der Waals surface area contributed by atoms with Crippen LogP contribution in [0.1, 0.15) is 23.7 Å². The van der Waals surface area contributed by atoms with E-state index in [2.05, 4.69) is 10.1 Å². The number of phenolic OH excluding ortho intramolecular Hbond substituents is 1. The number of methoxy groups -OCH3 is 1. The van der Waals surface area contributed by atoms with Crippen molar-refractivity contribution in [2.24, 2.45) is 5.92 Å². The average Bonchev–Trinajstić information content (AvgIpc) is 2.44. The van der Waals surface area contributed by atoms with Gasteiger partial charge in [-0.3, -0.25) is 4.79 Å². The van der Waals surface area contributed by atoms with Crippen LogP contribution in [0.15, 0.2) is 24.3 Å². The molecule has 1 aromatic rings. The summed E-state index contributed by atoms with van der Waals surface area (Å²) in [6.45, 7) is 1.68. The van der Waals surface area contributed by atoms with Crippen LogP contribution in [0.25, 0.3) is 0 Å². The van der Waals surface area contributed by atoms with Crippen LogP contribution in [0.4, 0.5) is 0 Å². The number of amides is 1. The highest BCUT2D eigenvalue weighted by Gasteiger charge is 2.27. The lowest BCUT2D eigenvalue weighted by molar-refractivity contribution is -0.144. The first-order valence-corrected chi connectivity index (χ1v) is 6.04. The zero-order valence-corrected chi connectivity index (χ0v) is 11.3. The van der Waals surface area contributed by atoms with Gasteiger partial charge in [0.1, 0.15) is 11.8 Å². The number of rotatable bonds is 5. The zero-order valence-electron chi connectivity index (χ0n) is 11.3. The number of carbonyl (C=O) groups is 2. The molecule has 1 rings (SSSR count). The molecule has 0 fully saturated rings. The first-order valence-electron chi connectivity index (χ1n) is 6.04. The SMILES string of the molecule is COC(=O)[C@H](NC(=O)c1ccc(O)cc1)[C@@H](C)CC#N. The van der Waals surface area contributed by atoms with Crippen molar-refractivity contribution in [1.29, 1.82) is 5.26 Å². The summed E-state index contributed by atoms with van der Waals surface area (Å²) in [5.74, 6) is -1.39. The summed E-state index contributed by atoms with van der Waals surface area (Å²) in [6.07, 6.45) is 0.121. The van der Waals surface area contributed by atoms with E-state index in [1.165, 1.54) is 31.4 Å². The van der Waals surface area contributed by atoms with Crippen molar-refractivity contribution in [2.45, 2.75) is 19.4 Å². The molecule has 106 valence electrons. The smallest absolute Gasteiger partial charge is 0.328 e. The fourth-order valence-electron chi connectivity index (χ4n) is 1.66. The molecule has 2 N–H and O–H groups in total. The number of hydrogen-bond donors (Lipinski definition) is 2. The molecule has 0 spiro atoms. The molecule has 0 heterocycles. The number of ether oxygens (including phenoxy) is 1. The molecule has 0 saturated carbocycles. The summed E-state index contributed by atoms with van der Waals surface area (Å²) in [5, 5.41) is 20.4. The highest BCUT2D eigenvalue weighted by molar-refractivity contribution is 5.96. The molecule has 0 unspecified atom stereocenters. The van der Waals surface area contributed by atoms with Crippen LogP contribution in [-0.4, -0.2) is 30.1 Å². The van der Waals surface area contributed by atoms with E-state index in [9.17, 15) is 9.59 Å². The number of hydrogen-bond acceptors (Lipinski definition) is 5. The van der Waals surface area contributed by atoms with Gasteiger partial charge in [0.2, 0.25) is 0 Å². The molecule has 0 aromatic heterocycles. The molecule has 0 aliphatic rings. The van der Waals surface area contributed by atoms with Gasteiger partial charge in [0.25, 0.3) is 5.91 Å². The van der Waals surface area contributed by atoms with Gasteiger partial charge < -0.3 is 15.2 Å². The Morgan fingerprint density at radius 2 is 2.00 bits per heavy atom. The molecule has 6 nitrogen and oxygen atoms in total. The fourth-order valence-corrected chi connectivity index (χ4v) is 1.66. The van der Waals surface area contributed by atoms with E-state index < -0.39 is 17.9 Å². The minimum atomic E-state index is -0.888. The van der Waals surface area contributed by atoms with E-state index in [4.69, 9.17) is 10.4 Å². The Kier molecular flexibility index (Phi) is 5.54. The van der Waals surface area contributed by atoms with Crippen molar-refractivity contribution in [2.75, 3.05) is 7.11 Å². The molecule has 0 aliphatic carbocycles. The normalized spacial score (nSPS) is 12.8. The quantitative estimate of drug-likeness (QED) is 0.787. The van der Waals surface area contributed by atoms with E-state index in [1.54, 1.807) is 6.92 Å². The topological polar surface area (TPSA) is 99.4 Å². The number of nitrogens with one attached hydrogen (secondary N) is 1. The molecule has 2 atom stereocenters. The second kappa shape index (κ2) is 7.14. The first-order chi connectivity index (χ1) is 9.49. The third-order valence-electron chi connectivity index (χ3n) is 2.85. The van der Waals surface area contributed by atoms with Crippen molar-refractivity contribution in [3.8, 4) is 11.8 Å². The molecule has 0 saturated heterocycles. The minimum Gasteiger partial charge on any atom is -0.508 e. The van der Waals surface area contributed by atoms with Crippen LogP contribution in [0.5, 0.6) is 5.75 Å². The van der Waals surface area contributed by atoms with Gasteiger partial charge in [-0.05, 0) is 24.3 Å². The maximum atomic E-state index is 12.0. The third-order valence-corrected chi connectivity index (χ3v) is 2.85. The number of nitriles is 1. The van der Waals surface area contributed by atoms with E-state index >= 15 is 0 Å². The van der Waals surface area contributed by atoms with E-state index in [1.807, 2.05) is 6.07 Å². The highest BCUT2D eigenvalue weighted by atomic mass is 16.5. The van der Waals surface area contributed by atoms with E-state index in [0.717, 1.165) is 0 Å². The lowest BCUT2D eigenvalue weighted by Crippen LogP contribution is -2.45. The van der Waals surface area contributed by atoms with Gasteiger partial charge in [-0.1, -0.05) is 6.92 Å². The summed E-state index contributed by atoms with van der Waals surface area (Å²) in [7, 11) is 1.22. The zero-order chi connectivity index (χ0) is 15.1. The lowest BCUT2D eigenvalue weighted by Gasteiger charge is -2.21. The van der Waals surface area contributed by atoms with Crippen molar-refractivity contribution in [3.05, 3.63) is 29.8 Å². The number of phenols is 1. The second-order valence-electron chi connectivity index (χ2n) is 4.36. The third kappa shape index (κ3) is 3.99. The second-order valence-corrected chi connectivity index (χ2v) is 4.36. The maximum absolute atomic E-state index is 12.0. The van der Waals surface area contributed by atoms with Gasteiger partial charge in [-0.25, -0.2) is 4.79 Å². The summed E-state index contributed by atoms with van der Waals surface area (Å²) >= 11 is 0. The molecule has 0 aliphatic heterocycles. The van der Waals surface area contributed by atoms with Gasteiger partial charge in [0, 0.05) is 17.9 Å². The Hall–Kier alpha value is -2.55. The van der Waals surface area contributed by atoms with Crippen molar-refractivity contribution < 1.29 is 19.4 Å².